The van der Waals surface area contributed by atoms with Crippen molar-refractivity contribution in [2.24, 2.45) is 23.2 Å². The van der Waals surface area contributed by atoms with Crippen LogP contribution in [-0.4, -0.2) is 68.5 Å². The van der Waals surface area contributed by atoms with Crippen molar-refractivity contribution in [1.82, 2.24) is 9.80 Å². The number of hydrogen-bond donors (Lipinski definition) is 0. The van der Waals surface area contributed by atoms with E-state index >= 15 is 0 Å². The van der Waals surface area contributed by atoms with Gasteiger partial charge in [-0.2, -0.15) is 13.2 Å². The summed E-state index contributed by atoms with van der Waals surface area (Å²) in [4.78, 5) is 3.70. The molecule has 0 atom stereocenters. The third-order valence-electron chi connectivity index (χ3n) is 8.04. The third kappa shape index (κ3) is 11.8. The number of rotatable bonds is 17. The maximum absolute atomic E-state index is 12.4. The van der Waals surface area contributed by atoms with Crippen molar-refractivity contribution in [2.45, 2.75) is 99.1 Å². The molecule has 0 spiro atoms. The van der Waals surface area contributed by atoms with Gasteiger partial charge < -0.3 is 4.74 Å². The molecule has 0 N–H and O–H groups in total. The van der Waals surface area contributed by atoms with E-state index in [1.54, 1.807) is 0 Å². The summed E-state index contributed by atoms with van der Waals surface area (Å²) in [5.41, 5.74) is 0.466. The highest BCUT2D eigenvalue weighted by molar-refractivity contribution is 4.88. The second-order valence-electron chi connectivity index (χ2n) is 11.1. The van der Waals surface area contributed by atoms with Crippen molar-refractivity contribution in [3.05, 3.63) is 0 Å². The fourth-order valence-electron chi connectivity index (χ4n) is 6.11. The summed E-state index contributed by atoms with van der Waals surface area (Å²) >= 11 is 0. The van der Waals surface area contributed by atoms with Gasteiger partial charge >= 0.3 is 6.18 Å². The minimum atomic E-state index is -4.09. The average Bonchev–Trinajstić information content (AvgIpc) is 2.70. The van der Waals surface area contributed by atoms with Crippen LogP contribution in [0.1, 0.15) is 92.9 Å². The fraction of sp³-hybridized carbons (Fsp3) is 1.00. The minimum Gasteiger partial charge on any atom is -0.380 e. The molecule has 1 aliphatic rings. The highest BCUT2D eigenvalue weighted by atomic mass is 19.4. The zero-order valence-corrected chi connectivity index (χ0v) is 22.5. The van der Waals surface area contributed by atoms with E-state index in [4.69, 9.17) is 4.74 Å². The van der Waals surface area contributed by atoms with E-state index in [2.05, 4.69) is 46.4 Å². The van der Waals surface area contributed by atoms with Gasteiger partial charge in [-0.3, -0.25) is 9.80 Å². The lowest BCUT2D eigenvalue weighted by Gasteiger charge is -2.45. The first-order valence-corrected chi connectivity index (χ1v) is 13.6. The Morgan fingerprint density at radius 2 is 1.09 bits per heavy atom. The van der Waals surface area contributed by atoms with Gasteiger partial charge in [0, 0.05) is 39.3 Å². The average molecular weight is 479 g/mol. The number of nitrogens with zero attached hydrogens (tertiary/aromatic N) is 2. The molecular weight excluding hydrogens is 425 g/mol. The van der Waals surface area contributed by atoms with Gasteiger partial charge in [0.25, 0.3) is 0 Å². The number of halogens is 3. The number of piperazine rings is 1. The van der Waals surface area contributed by atoms with Gasteiger partial charge in [0.05, 0.1) is 13.2 Å². The van der Waals surface area contributed by atoms with Crippen LogP contribution in [-0.2, 0) is 4.74 Å². The van der Waals surface area contributed by atoms with Gasteiger partial charge in [-0.05, 0) is 36.0 Å². The van der Waals surface area contributed by atoms with Gasteiger partial charge in [-0.15, -0.1) is 0 Å². The van der Waals surface area contributed by atoms with Gasteiger partial charge in [0.1, 0.15) is 0 Å². The van der Waals surface area contributed by atoms with Crippen molar-refractivity contribution >= 4 is 0 Å². The molecule has 0 aromatic heterocycles. The van der Waals surface area contributed by atoms with Gasteiger partial charge in [0.2, 0.25) is 0 Å². The van der Waals surface area contributed by atoms with Crippen LogP contribution in [0.4, 0.5) is 13.2 Å². The Morgan fingerprint density at radius 3 is 1.58 bits per heavy atom. The number of alkyl halides is 3. The van der Waals surface area contributed by atoms with E-state index in [1.165, 1.54) is 49.8 Å². The zero-order valence-electron chi connectivity index (χ0n) is 22.5. The molecule has 0 aromatic rings. The Bertz CT molecular complexity index is 464. The first-order valence-electron chi connectivity index (χ1n) is 13.6. The normalized spacial score (nSPS) is 17.1. The lowest BCUT2D eigenvalue weighted by Crippen LogP contribution is -2.49. The number of unbranched alkanes of at least 4 members (excludes halogenated alkanes) is 6. The Labute approximate surface area is 202 Å². The van der Waals surface area contributed by atoms with Crippen LogP contribution >= 0.6 is 0 Å². The van der Waals surface area contributed by atoms with E-state index in [0.29, 0.717) is 38.2 Å². The molecule has 198 valence electrons. The number of ether oxygens (including phenoxy) is 1. The second kappa shape index (κ2) is 15.6. The quantitative estimate of drug-likeness (QED) is 0.205. The molecule has 0 aliphatic carbocycles. The first-order chi connectivity index (χ1) is 15.5. The first kappa shape index (κ1) is 30.7. The SMILES string of the molecule is CC(C)C(CCCCCCCCCOCCN1CCN(CC(F)(F)F)CC1)(C(C)C)C(C)C. The Hall–Kier alpha value is -0.330. The number of hydrogen-bond acceptors (Lipinski definition) is 3. The predicted octanol–water partition coefficient (Wildman–Crippen LogP) is 7.26. The van der Waals surface area contributed by atoms with Crippen molar-refractivity contribution < 1.29 is 17.9 Å². The van der Waals surface area contributed by atoms with Crippen LogP contribution in [0.2, 0.25) is 0 Å². The van der Waals surface area contributed by atoms with Crippen molar-refractivity contribution in [3.8, 4) is 0 Å². The topological polar surface area (TPSA) is 15.7 Å². The molecule has 1 heterocycles. The van der Waals surface area contributed by atoms with Crippen LogP contribution < -0.4 is 0 Å². The van der Waals surface area contributed by atoms with Gasteiger partial charge in [0.15, 0.2) is 0 Å². The Balaban J connectivity index is 1.98. The molecular formula is C27H53F3N2O. The molecule has 1 aliphatic heterocycles. The van der Waals surface area contributed by atoms with Crippen LogP contribution in [0.25, 0.3) is 0 Å². The van der Waals surface area contributed by atoms with Crippen LogP contribution in [0, 0.1) is 23.2 Å². The summed E-state index contributed by atoms with van der Waals surface area (Å²) in [6.45, 7) is 18.3. The van der Waals surface area contributed by atoms with Crippen LogP contribution in [0.15, 0.2) is 0 Å². The lowest BCUT2D eigenvalue weighted by molar-refractivity contribution is -0.149. The molecule has 1 saturated heterocycles. The van der Waals surface area contributed by atoms with Crippen LogP contribution in [0.5, 0.6) is 0 Å². The summed E-state index contributed by atoms with van der Waals surface area (Å²) in [6, 6.07) is 0. The maximum Gasteiger partial charge on any atom is 0.401 e. The molecule has 1 rings (SSSR count). The highest BCUT2D eigenvalue weighted by Crippen LogP contribution is 2.47. The molecule has 0 amide bonds. The van der Waals surface area contributed by atoms with Crippen molar-refractivity contribution in [2.75, 3.05) is 52.5 Å². The third-order valence-corrected chi connectivity index (χ3v) is 8.04. The second-order valence-corrected chi connectivity index (χ2v) is 11.1. The zero-order chi connectivity index (χ0) is 24.9. The van der Waals surface area contributed by atoms with E-state index in [9.17, 15) is 13.2 Å². The highest BCUT2D eigenvalue weighted by Gasteiger charge is 2.39. The molecule has 0 bridgehead atoms. The van der Waals surface area contributed by atoms with Crippen LogP contribution in [0.3, 0.4) is 0 Å². The van der Waals surface area contributed by atoms with E-state index < -0.39 is 12.7 Å². The standard InChI is InChI=1S/C27H53F3N2O/c1-23(2)26(24(3)4,25(5)6)14-12-10-8-7-9-11-13-20-33-21-19-31-15-17-32(18-16-31)22-27(28,29)30/h23-25H,7-22H2,1-6H3. The van der Waals surface area contributed by atoms with E-state index in [-0.39, 0.29) is 0 Å². The molecule has 0 aromatic carbocycles. The smallest absolute Gasteiger partial charge is 0.380 e. The molecule has 1 fully saturated rings. The fourth-order valence-corrected chi connectivity index (χ4v) is 6.11. The van der Waals surface area contributed by atoms with Crippen molar-refractivity contribution in [3.63, 3.8) is 0 Å². The van der Waals surface area contributed by atoms with Gasteiger partial charge in [-0.25, -0.2) is 0 Å². The summed E-state index contributed by atoms with van der Waals surface area (Å²) in [5, 5.41) is 0. The molecule has 0 saturated carbocycles. The summed E-state index contributed by atoms with van der Waals surface area (Å²) < 4.78 is 43.1. The molecule has 0 unspecified atom stereocenters. The largest absolute Gasteiger partial charge is 0.401 e. The van der Waals surface area contributed by atoms with Crippen molar-refractivity contribution in [1.29, 1.82) is 0 Å². The Morgan fingerprint density at radius 1 is 0.636 bits per heavy atom. The predicted molar refractivity (Wildman–Crippen MR) is 134 cm³/mol. The molecule has 33 heavy (non-hydrogen) atoms. The molecule has 6 heteroatoms. The molecule has 0 radical (unpaired) electrons. The summed E-state index contributed by atoms with van der Waals surface area (Å²) in [6.07, 6.45) is 6.24. The van der Waals surface area contributed by atoms with Gasteiger partial charge in [-0.1, -0.05) is 80.1 Å². The minimum absolute atomic E-state index is 0.466. The summed E-state index contributed by atoms with van der Waals surface area (Å²) in [5.74, 6) is 2.20. The monoisotopic (exact) mass is 478 g/mol. The maximum atomic E-state index is 12.4. The lowest BCUT2D eigenvalue weighted by atomic mass is 9.60. The Kier molecular flexibility index (Phi) is 14.5. The molecule has 3 nitrogen and oxygen atoms in total. The van der Waals surface area contributed by atoms with E-state index in [0.717, 1.165) is 37.3 Å². The summed E-state index contributed by atoms with van der Waals surface area (Å²) in [7, 11) is 0. The van der Waals surface area contributed by atoms with E-state index in [1.807, 2.05) is 0 Å².